The minimum Gasteiger partial charge on any atom is -0.368 e. The second kappa shape index (κ2) is 9.91. The fraction of sp³-hybridized carbons (Fsp3) is 0.364. The lowest BCUT2D eigenvalue weighted by Gasteiger charge is -2.37. The molecule has 0 spiro atoms. The zero-order chi connectivity index (χ0) is 20.6. The first-order chi connectivity index (χ1) is 14.1. The molecule has 0 atom stereocenters. The molecule has 2 aromatic rings. The van der Waals surface area contributed by atoms with Crippen LogP contribution in [0.2, 0.25) is 0 Å². The number of hydrogen-bond acceptors (Lipinski definition) is 3. The predicted octanol–water partition coefficient (Wildman–Crippen LogP) is 2.47. The van der Waals surface area contributed by atoms with Crippen LogP contribution in [0.25, 0.3) is 0 Å². The van der Waals surface area contributed by atoms with E-state index in [4.69, 9.17) is 0 Å². The van der Waals surface area contributed by atoms with Crippen LogP contribution in [0.15, 0.2) is 53.5 Å². The highest BCUT2D eigenvalue weighted by atomic mass is 19.1. The van der Waals surface area contributed by atoms with Crippen molar-refractivity contribution in [1.82, 2.24) is 15.5 Å². The Labute approximate surface area is 171 Å². The van der Waals surface area contributed by atoms with Crippen LogP contribution >= 0.6 is 0 Å². The molecule has 1 saturated heterocycles. The highest BCUT2D eigenvalue weighted by Gasteiger charge is 2.20. The van der Waals surface area contributed by atoms with Crippen LogP contribution < -0.4 is 15.5 Å². The van der Waals surface area contributed by atoms with Gasteiger partial charge in [0.15, 0.2) is 5.96 Å². The molecule has 1 amide bonds. The van der Waals surface area contributed by atoms with Gasteiger partial charge in [-0.15, -0.1) is 0 Å². The SMILES string of the molecule is CCNC(=O)c1cccc(CNC(=NC)N2CCN(c3ccc(F)cc3)CC2)c1. The molecule has 2 N–H and O–H groups in total. The Hall–Kier alpha value is -3.09. The monoisotopic (exact) mass is 397 g/mol. The summed E-state index contributed by atoms with van der Waals surface area (Å²) in [5.74, 6) is 0.566. The van der Waals surface area contributed by atoms with Gasteiger partial charge in [0.2, 0.25) is 0 Å². The Bertz CT molecular complexity index is 845. The molecular formula is C22H28FN5O. The summed E-state index contributed by atoms with van der Waals surface area (Å²) in [6.45, 7) is 6.46. The van der Waals surface area contributed by atoms with E-state index in [0.717, 1.165) is 43.4 Å². The summed E-state index contributed by atoms with van der Waals surface area (Å²) in [6.07, 6.45) is 0. The Morgan fingerprint density at radius 1 is 1.07 bits per heavy atom. The van der Waals surface area contributed by atoms with Crippen molar-refractivity contribution in [3.8, 4) is 0 Å². The molecule has 0 aliphatic carbocycles. The second-order valence-corrected chi connectivity index (χ2v) is 6.91. The second-order valence-electron chi connectivity index (χ2n) is 6.91. The molecule has 0 radical (unpaired) electrons. The number of rotatable bonds is 5. The van der Waals surface area contributed by atoms with E-state index < -0.39 is 0 Å². The average Bonchev–Trinajstić information content (AvgIpc) is 2.75. The Morgan fingerprint density at radius 3 is 2.45 bits per heavy atom. The summed E-state index contributed by atoms with van der Waals surface area (Å²) < 4.78 is 13.1. The van der Waals surface area contributed by atoms with Crippen molar-refractivity contribution in [3.05, 3.63) is 65.5 Å². The first kappa shape index (κ1) is 20.6. The number of benzene rings is 2. The van der Waals surface area contributed by atoms with Crippen LogP contribution in [0.5, 0.6) is 0 Å². The summed E-state index contributed by atoms with van der Waals surface area (Å²) in [6, 6.07) is 14.2. The zero-order valence-corrected chi connectivity index (χ0v) is 17.0. The van der Waals surface area contributed by atoms with Crippen LogP contribution in [-0.2, 0) is 6.54 Å². The molecule has 1 aliphatic rings. The molecule has 3 rings (SSSR count). The van der Waals surface area contributed by atoms with E-state index in [1.54, 1.807) is 7.05 Å². The lowest BCUT2D eigenvalue weighted by Crippen LogP contribution is -2.52. The topological polar surface area (TPSA) is 60.0 Å². The van der Waals surface area contributed by atoms with Gasteiger partial charge in [0.25, 0.3) is 5.91 Å². The molecule has 154 valence electrons. The number of anilines is 1. The minimum absolute atomic E-state index is 0.0596. The fourth-order valence-electron chi connectivity index (χ4n) is 3.43. The maximum Gasteiger partial charge on any atom is 0.251 e. The molecule has 0 saturated carbocycles. The van der Waals surface area contributed by atoms with Gasteiger partial charge < -0.3 is 20.4 Å². The molecule has 0 unspecified atom stereocenters. The molecule has 6 nitrogen and oxygen atoms in total. The van der Waals surface area contributed by atoms with Crippen LogP contribution in [0.3, 0.4) is 0 Å². The fourth-order valence-corrected chi connectivity index (χ4v) is 3.43. The zero-order valence-electron chi connectivity index (χ0n) is 17.0. The molecule has 0 aromatic heterocycles. The third-order valence-corrected chi connectivity index (χ3v) is 4.96. The predicted molar refractivity (Wildman–Crippen MR) is 115 cm³/mol. The smallest absolute Gasteiger partial charge is 0.251 e. The number of carbonyl (C=O) groups is 1. The van der Waals surface area contributed by atoms with Crippen molar-refractivity contribution in [2.75, 3.05) is 44.7 Å². The van der Waals surface area contributed by atoms with Gasteiger partial charge >= 0.3 is 0 Å². The van der Waals surface area contributed by atoms with Gasteiger partial charge in [0.1, 0.15) is 5.82 Å². The van der Waals surface area contributed by atoms with Crippen LogP contribution in [0.4, 0.5) is 10.1 Å². The molecule has 1 heterocycles. The van der Waals surface area contributed by atoms with Gasteiger partial charge in [-0.2, -0.15) is 0 Å². The highest BCUT2D eigenvalue weighted by molar-refractivity contribution is 5.94. The van der Waals surface area contributed by atoms with E-state index in [2.05, 4.69) is 25.4 Å². The first-order valence-electron chi connectivity index (χ1n) is 9.94. The van der Waals surface area contributed by atoms with Crippen molar-refractivity contribution in [3.63, 3.8) is 0 Å². The lowest BCUT2D eigenvalue weighted by atomic mass is 10.1. The van der Waals surface area contributed by atoms with E-state index in [0.29, 0.717) is 18.7 Å². The van der Waals surface area contributed by atoms with Crippen LogP contribution in [-0.4, -0.2) is 56.5 Å². The Kier molecular flexibility index (Phi) is 7.05. The summed E-state index contributed by atoms with van der Waals surface area (Å²) in [4.78, 5) is 20.9. The number of hydrogen-bond donors (Lipinski definition) is 2. The number of piperazine rings is 1. The van der Waals surface area contributed by atoms with Crippen LogP contribution in [0, 0.1) is 5.82 Å². The highest BCUT2D eigenvalue weighted by Crippen LogP contribution is 2.17. The summed E-state index contributed by atoms with van der Waals surface area (Å²) in [7, 11) is 1.78. The van der Waals surface area contributed by atoms with Crippen molar-refractivity contribution in [2.24, 2.45) is 4.99 Å². The third kappa shape index (κ3) is 5.47. The van der Waals surface area contributed by atoms with Crippen molar-refractivity contribution < 1.29 is 9.18 Å². The molecule has 0 bridgehead atoms. The van der Waals surface area contributed by atoms with E-state index in [1.807, 2.05) is 43.3 Å². The Balaban J connectivity index is 1.54. The molecule has 29 heavy (non-hydrogen) atoms. The average molecular weight is 397 g/mol. The standard InChI is InChI=1S/C22H28FN5O/c1-3-25-21(29)18-6-4-5-17(15-18)16-26-22(24-2)28-13-11-27(12-14-28)20-9-7-19(23)8-10-20/h4-10,15H,3,11-14,16H2,1-2H3,(H,24,26)(H,25,29). The summed E-state index contributed by atoms with van der Waals surface area (Å²) in [5.41, 5.74) is 2.73. The molecule has 1 fully saturated rings. The minimum atomic E-state index is -0.215. The van der Waals surface area contributed by atoms with Crippen molar-refractivity contribution in [1.29, 1.82) is 0 Å². The quantitative estimate of drug-likeness (QED) is 0.601. The van der Waals surface area contributed by atoms with E-state index >= 15 is 0 Å². The number of guanidine groups is 1. The van der Waals surface area contributed by atoms with Gasteiger partial charge in [-0.3, -0.25) is 9.79 Å². The van der Waals surface area contributed by atoms with Crippen LogP contribution in [0.1, 0.15) is 22.8 Å². The Morgan fingerprint density at radius 2 is 1.79 bits per heavy atom. The number of nitrogens with one attached hydrogen (secondary N) is 2. The van der Waals surface area contributed by atoms with Gasteiger partial charge in [-0.1, -0.05) is 12.1 Å². The maximum absolute atomic E-state index is 13.1. The van der Waals surface area contributed by atoms with Gasteiger partial charge in [0, 0.05) is 57.6 Å². The van der Waals surface area contributed by atoms with Gasteiger partial charge in [-0.05, 0) is 48.9 Å². The maximum atomic E-state index is 13.1. The van der Waals surface area contributed by atoms with Crippen molar-refractivity contribution >= 4 is 17.6 Å². The summed E-state index contributed by atoms with van der Waals surface area (Å²) >= 11 is 0. The lowest BCUT2D eigenvalue weighted by molar-refractivity contribution is 0.0955. The third-order valence-electron chi connectivity index (χ3n) is 4.96. The molecule has 1 aliphatic heterocycles. The largest absolute Gasteiger partial charge is 0.368 e. The molecule has 7 heteroatoms. The van der Waals surface area contributed by atoms with E-state index in [9.17, 15) is 9.18 Å². The summed E-state index contributed by atoms with van der Waals surface area (Å²) in [5, 5.41) is 6.21. The number of nitrogens with zero attached hydrogens (tertiary/aromatic N) is 3. The molecular weight excluding hydrogens is 369 g/mol. The number of carbonyl (C=O) groups excluding carboxylic acids is 1. The van der Waals surface area contributed by atoms with Crippen molar-refractivity contribution in [2.45, 2.75) is 13.5 Å². The van der Waals surface area contributed by atoms with Gasteiger partial charge in [-0.25, -0.2) is 4.39 Å². The molecule has 2 aromatic carbocycles. The first-order valence-corrected chi connectivity index (χ1v) is 9.94. The number of aliphatic imine (C=N–C) groups is 1. The van der Waals surface area contributed by atoms with Gasteiger partial charge in [0.05, 0.1) is 0 Å². The number of amides is 1. The van der Waals surface area contributed by atoms with E-state index in [1.165, 1.54) is 12.1 Å². The number of halogens is 1. The van der Waals surface area contributed by atoms with E-state index in [-0.39, 0.29) is 11.7 Å². The normalized spacial score (nSPS) is 14.7.